The average molecular weight is 406 g/mol. The standard InChI is InChI=1S/C21H24FN3O2.ClH/c22-17-9-7-16(8-10-17)19(26)25-18-6-4-5-15(13-18)14-24-20(27)21(23)11-2-1-3-12-21;/h4-10,13H,1-3,11-12,14,23H2,(H,24,27)(H,25,26);1H. The lowest BCUT2D eigenvalue weighted by molar-refractivity contribution is -0.127. The van der Waals surface area contributed by atoms with Gasteiger partial charge in [0.1, 0.15) is 5.82 Å². The second kappa shape index (κ2) is 9.66. The fourth-order valence-corrected chi connectivity index (χ4v) is 3.33. The van der Waals surface area contributed by atoms with Crippen LogP contribution in [0.15, 0.2) is 48.5 Å². The van der Waals surface area contributed by atoms with Crippen molar-refractivity contribution in [1.82, 2.24) is 5.32 Å². The highest BCUT2D eigenvalue weighted by Crippen LogP contribution is 2.26. The molecule has 5 nitrogen and oxygen atoms in total. The van der Waals surface area contributed by atoms with Crippen LogP contribution < -0.4 is 16.4 Å². The molecule has 2 aromatic rings. The molecule has 150 valence electrons. The van der Waals surface area contributed by atoms with Crippen molar-refractivity contribution >= 4 is 29.9 Å². The van der Waals surface area contributed by atoms with Crippen molar-refractivity contribution in [2.75, 3.05) is 5.32 Å². The van der Waals surface area contributed by atoms with Gasteiger partial charge in [-0.1, -0.05) is 31.4 Å². The Hall–Kier alpha value is -2.44. The maximum atomic E-state index is 13.0. The molecule has 0 heterocycles. The Morgan fingerprint density at radius 3 is 2.39 bits per heavy atom. The van der Waals surface area contributed by atoms with Gasteiger partial charge in [-0.05, 0) is 54.8 Å². The third kappa shape index (κ3) is 5.53. The number of carbonyl (C=O) groups is 2. The summed E-state index contributed by atoms with van der Waals surface area (Å²) in [5.41, 5.74) is 7.31. The lowest BCUT2D eigenvalue weighted by atomic mass is 9.82. The fraction of sp³-hybridized carbons (Fsp3) is 0.333. The summed E-state index contributed by atoms with van der Waals surface area (Å²) in [4.78, 5) is 24.7. The summed E-state index contributed by atoms with van der Waals surface area (Å²) >= 11 is 0. The highest BCUT2D eigenvalue weighted by molar-refractivity contribution is 6.04. The predicted octanol–water partition coefficient (Wildman–Crippen LogP) is 3.78. The highest BCUT2D eigenvalue weighted by Gasteiger charge is 2.34. The van der Waals surface area contributed by atoms with Crippen LogP contribution in [-0.2, 0) is 11.3 Å². The minimum atomic E-state index is -0.771. The normalized spacial score (nSPS) is 15.2. The van der Waals surface area contributed by atoms with E-state index >= 15 is 0 Å². The van der Waals surface area contributed by atoms with Crippen LogP contribution in [0.5, 0.6) is 0 Å². The second-order valence-corrected chi connectivity index (χ2v) is 7.06. The van der Waals surface area contributed by atoms with Gasteiger partial charge in [-0.2, -0.15) is 0 Å². The van der Waals surface area contributed by atoms with E-state index in [2.05, 4.69) is 10.6 Å². The van der Waals surface area contributed by atoms with E-state index in [9.17, 15) is 14.0 Å². The van der Waals surface area contributed by atoms with E-state index in [-0.39, 0.29) is 30.0 Å². The molecule has 0 bridgehead atoms. The molecule has 2 aromatic carbocycles. The van der Waals surface area contributed by atoms with Crippen molar-refractivity contribution in [3.63, 3.8) is 0 Å². The van der Waals surface area contributed by atoms with E-state index in [1.165, 1.54) is 24.3 Å². The smallest absolute Gasteiger partial charge is 0.255 e. The van der Waals surface area contributed by atoms with E-state index in [1.807, 2.05) is 6.07 Å². The summed E-state index contributed by atoms with van der Waals surface area (Å²) in [7, 11) is 0. The van der Waals surface area contributed by atoms with Gasteiger partial charge in [0.25, 0.3) is 5.91 Å². The summed E-state index contributed by atoms with van der Waals surface area (Å²) in [6, 6.07) is 12.6. The third-order valence-corrected chi connectivity index (χ3v) is 4.94. The Morgan fingerprint density at radius 1 is 1.04 bits per heavy atom. The van der Waals surface area contributed by atoms with E-state index in [4.69, 9.17) is 5.73 Å². The molecule has 0 atom stereocenters. The van der Waals surface area contributed by atoms with Gasteiger partial charge in [-0.3, -0.25) is 9.59 Å². The number of nitrogens with one attached hydrogen (secondary N) is 2. The fourth-order valence-electron chi connectivity index (χ4n) is 3.33. The number of benzene rings is 2. The van der Waals surface area contributed by atoms with Gasteiger partial charge in [0.05, 0.1) is 5.54 Å². The number of halogens is 2. The number of hydrogen-bond donors (Lipinski definition) is 3. The molecule has 28 heavy (non-hydrogen) atoms. The zero-order valence-corrected chi connectivity index (χ0v) is 16.4. The van der Waals surface area contributed by atoms with Crippen LogP contribution in [0.2, 0.25) is 0 Å². The number of nitrogens with two attached hydrogens (primary N) is 1. The highest BCUT2D eigenvalue weighted by atomic mass is 35.5. The maximum Gasteiger partial charge on any atom is 0.255 e. The van der Waals surface area contributed by atoms with E-state index < -0.39 is 5.54 Å². The second-order valence-electron chi connectivity index (χ2n) is 7.06. The summed E-state index contributed by atoms with van der Waals surface area (Å²) in [5.74, 6) is -0.831. The summed E-state index contributed by atoms with van der Waals surface area (Å²) in [6.45, 7) is 0.345. The molecule has 0 aromatic heterocycles. The van der Waals surface area contributed by atoms with E-state index in [1.54, 1.807) is 18.2 Å². The summed E-state index contributed by atoms with van der Waals surface area (Å²) in [5, 5.41) is 5.69. The number of rotatable bonds is 5. The Labute approximate surface area is 170 Å². The molecule has 0 radical (unpaired) electrons. The van der Waals surface area contributed by atoms with Gasteiger partial charge < -0.3 is 16.4 Å². The number of hydrogen-bond acceptors (Lipinski definition) is 3. The van der Waals surface area contributed by atoms with Gasteiger partial charge >= 0.3 is 0 Å². The first-order valence-corrected chi connectivity index (χ1v) is 9.19. The molecule has 0 spiro atoms. The van der Waals surface area contributed by atoms with Gasteiger partial charge in [0, 0.05) is 17.8 Å². The Kier molecular flexibility index (Phi) is 7.54. The lowest BCUT2D eigenvalue weighted by Gasteiger charge is -2.31. The van der Waals surface area contributed by atoms with Crippen molar-refractivity contribution in [1.29, 1.82) is 0 Å². The molecule has 1 aliphatic rings. The van der Waals surface area contributed by atoms with E-state index in [0.29, 0.717) is 30.6 Å². The Bertz CT molecular complexity index is 821. The van der Waals surface area contributed by atoms with Crippen LogP contribution in [-0.4, -0.2) is 17.4 Å². The third-order valence-electron chi connectivity index (χ3n) is 4.94. The van der Waals surface area contributed by atoms with Crippen molar-refractivity contribution in [2.24, 2.45) is 5.73 Å². The zero-order valence-electron chi connectivity index (χ0n) is 15.5. The van der Waals surface area contributed by atoms with Gasteiger partial charge in [0.2, 0.25) is 5.91 Å². The first kappa shape index (κ1) is 21.9. The van der Waals surface area contributed by atoms with Crippen molar-refractivity contribution < 1.29 is 14.0 Å². The van der Waals surface area contributed by atoms with Crippen molar-refractivity contribution in [3.05, 3.63) is 65.5 Å². The van der Waals surface area contributed by atoms with Gasteiger partial charge in [0.15, 0.2) is 0 Å². The minimum Gasteiger partial charge on any atom is -0.350 e. The lowest BCUT2D eigenvalue weighted by Crippen LogP contribution is -2.54. The van der Waals surface area contributed by atoms with Crippen LogP contribution in [0.3, 0.4) is 0 Å². The molecule has 0 unspecified atom stereocenters. The molecule has 3 rings (SSSR count). The molecule has 1 fully saturated rings. The number of carbonyl (C=O) groups excluding carboxylic acids is 2. The summed E-state index contributed by atoms with van der Waals surface area (Å²) in [6.07, 6.45) is 4.52. The Morgan fingerprint density at radius 2 is 1.71 bits per heavy atom. The SMILES string of the molecule is Cl.NC1(C(=O)NCc2cccc(NC(=O)c3ccc(F)cc3)c2)CCCCC1. The predicted molar refractivity (Wildman–Crippen MR) is 110 cm³/mol. The molecule has 7 heteroatoms. The van der Waals surface area contributed by atoms with Crippen LogP contribution in [0, 0.1) is 5.82 Å². The topological polar surface area (TPSA) is 84.2 Å². The molecule has 4 N–H and O–H groups in total. The first-order valence-electron chi connectivity index (χ1n) is 9.19. The molecule has 0 aliphatic heterocycles. The average Bonchev–Trinajstić information content (AvgIpc) is 2.67. The van der Waals surface area contributed by atoms with Crippen LogP contribution in [0.25, 0.3) is 0 Å². The molecule has 0 saturated heterocycles. The minimum absolute atomic E-state index is 0. The van der Waals surface area contributed by atoms with Gasteiger partial charge in [-0.25, -0.2) is 4.39 Å². The van der Waals surface area contributed by atoms with Crippen molar-refractivity contribution in [3.8, 4) is 0 Å². The molecule has 1 aliphatic carbocycles. The van der Waals surface area contributed by atoms with E-state index in [0.717, 1.165) is 24.8 Å². The molecule has 2 amide bonds. The Balaban J connectivity index is 0.00000280. The van der Waals surface area contributed by atoms with Crippen LogP contribution in [0.1, 0.15) is 48.0 Å². The molecular weight excluding hydrogens is 381 g/mol. The monoisotopic (exact) mass is 405 g/mol. The number of anilines is 1. The van der Waals surface area contributed by atoms with Crippen LogP contribution in [0.4, 0.5) is 10.1 Å². The molecular formula is C21H25ClFN3O2. The summed E-state index contributed by atoms with van der Waals surface area (Å²) < 4.78 is 13.0. The zero-order chi connectivity index (χ0) is 19.3. The quantitative estimate of drug-likeness (QED) is 0.707. The molecule has 1 saturated carbocycles. The van der Waals surface area contributed by atoms with Crippen molar-refractivity contribution in [2.45, 2.75) is 44.2 Å². The number of amides is 2. The largest absolute Gasteiger partial charge is 0.350 e. The van der Waals surface area contributed by atoms with Gasteiger partial charge in [-0.15, -0.1) is 12.4 Å². The van der Waals surface area contributed by atoms with Crippen LogP contribution >= 0.6 is 12.4 Å². The maximum absolute atomic E-state index is 13.0. The first-order chi connectivity index (χ1) is 13.0.